The molecule has 3 aliphatic heterocycles. The highest BCUT2D eigenvalue weighted by Crippen LogP contribution is 2.43. The molecule has 1 amide bonds. The van der Waals surface area contributed by atoms with Crippen LogP contribution in [0.3, 0.4) is 0 Å². The molecule has 1 aromatic carbocycles. The third-order valence-electron chi connectivity index (χ3n) is 8.00. The molecule has 4 unspecified atom stereocenters. The highest BCUT2D eigenvalue weighted by molar-refractivity contribution is 5.85. The van der Waals surface area contributed by atoms with Crippen LogP contribution in [0.1, 0.15) is 58.6 Å². The minimum atomic E-state index is 0.0706. The number of fused-ring (bicyclic) bond motifs is 3. The first-order valence-corrected chi connectivity index (χ1v) is 12.7. The molecule has 0 spiro atoms. The summed E-state index contributed by atoms with van der Waals surface area (Å²) in [5.74, 6) is 0.980. The van der Waals surface area contributed by atoms with Gasteiger partial charge in [-0.15, -0.1) is 0 Å². The summed E-state index contributed by atoms with van der Waals surface area (Å²) in [5.41, 5.74) is 3.59. The Morgan fingerprint density at radius 2 is 2.06 bits per heavy atom. The van der Waals surface area contributed by atoms with Gasteiger partial charge in [-0.2, -0.15) is 5.10 Å². The maximum Gasteiger partial charge on any atom is 0.225 e. The zero-order chi connectivity index (χ0) is 22.5. The Morgan fingerprint density at radius 1 is 1.15 bits per heavy atom. The Kier molecular flexibility index (Phi) is 5.28. The third-order valence-corrected chi connectivity index (χ3v) is 8.00. The van der Waals surface area contributed by atoms with Gasteiger partial charge < -0.3 is 14.2 Å². The topological polar surface area (TPSA) is 52.3 Å². The van der Waals surface area contributed by atoms with Gasteiger partial charge in [-0.05, 0) is 68.2 Å². The molecule has 174 valence electrons. The van der Waals surface area contributed by atoms with E-state index in [1.54, 1.807) is 0 Å². The standard InChI is InChI=1S/C27H34N4O2/c1-18(2)27(32)31-23-7-9-25(31)21(14-23)16-29-11-10-20-13-19(6-8-24(20)29)22-15-28-30(17-22)26-5-3-4-12-33-26/h6,8,10-11,13,15,17-18,21,23,25-26H,3-5,7,9,12,14,16H2,1-2H3. The third kappa shape index (κ3) is 3.68. The Morgan fingerprint density at radius 3 is 2.88 bits per heavy atom. The lowest BCUT2D eigenvalue weighted by atomic mass is 9.89. The van der Waals surface area contributed by atoms with E-state index in [0.717, 1.165) is 44.4 Å². The monoisotopic (exact) mass is 446 g/mol. The van der Waals surface area contributed by atoms with Gasteiger partial charge in [0, 0.05) is 60.0 Å². The number of carbonyl (C=O) groups excluding carboxylic acids is 1. The smallest absolute Gasteiger partial charge is 0.225 e. The van der Waals surface area contributed by atoms with Crippen molar-refractivity contribution in [2.45, 2.75) is 77.2 Å². The van der Waals surface area contributed by atoms with Gasteiger partial charge in [0.25, 0.3) is 0 Å². The normalized spacial score (nSPS) is 27.2. The average molecular weight is 447 g/mol. The second kappa shape index (κ2) is 8.32. The molecule has 3 saturated heterocycles. The Balaban J connectivity index is 1.20. The maximum absolute atomic E-state index is 12.7. The summed E-state index contributed by atoms with van der Waals surface area (Å²) in [6, 6.07) is 9.80. The van der Waals surface area contributed by atoms with Crippen molar-refractivity contribution in [2.75, 3.05) is 6.61 Å². The van der Waals surface area contributed by atoms with Gasteiger partial charge >= 0.3 is 0 Å². The first-order valence-electron chi connectivity index (χ1n) is 12.7. The van der Waals surface area contributed by atoms with Crippen molar-refractivity contribution in [3.8, 4) is 11.1 Å². The molecule has 6 rings (SSSR count). The minimum absolute atomic E-state index is 0.0706. The van der Waals surface area contributed by atoms with E-state index < -0.39 is 0 Å². The van der Waals surface area contributed by atoms with Crippen molar-refractivity contribution < 1.29 is 9.53 Å². The molecule has 3 fully saturated rings. The fourth-order valence-electron chi connectivity index (χ4n) is 6.32. The SMILES string of the molecule is CC(C)C(=O)N1C2CCC1C(Cn1ccc3cc(-c4cnn(C5CCCCO5)c4)ccc31)C2. The summed E-state index contributed by atoms with van der Waals surface area (Å²) in [4.78, 5) is 15.0. The fraction of sp³-hybridized carbons (Fsp3) is 0.556. The van der Waals surface area contributed by atoms with Gasteiger partial charge in [0.15, 0.2) is 0 Å². The summed E-state index contributed by atoms with van der Waals surface area (Å²) in [7, 11) is 0. The van der Waals surface area contributed by atoms with E-state index in [-0.39, 0.29) is 12.1 Å². The second-order valence-corrected chi connectivity index (χ2v) is 10.5. The summed E-state index contributed by atoms with van der Waals surface area (Å²) >= 11 is 0. The number of benzene rings is 1. The van der Waals surface area contributed by atoms with Crippen LogP contribution >= 0.6 is 0 Å². The molecule has 3 aromatic rings. The zero-order valence-corrected chi connectivity index (χ0v) is 19.7. The van der Waals surface area contributed by atoms with E-state index >= 15 is 0 Å². The maximum atomic E-state index is 12.7. The Bertz CT molecular complexity index is 1160. The molecule has 0 aliphatic carbocycles. The lowest BCUT2D eigenvalue weighted by Crippen LogP contribution is -2.39. The minimum Gasteiger partial charge on any atom is -0.357 e. The van der Waals surface area contributed by atoms with Crippen LogP contribution in [0.2, 0.25) is 0 Å². The van der Waals surface area contributed by atoms with E-state index in [1.165, 1.54) is 29.3 Å². The molecule has 0 radical (unpaired) electrons. The van der Waals surface area contributed by atoms with E-state index in [0.29, 0.717) is 23.9 Å². The van der Waals surface area contributed by atoms with Crippen molar-refractivity contribution in [1.82, 2.24) is 19.2 Å². The van der Waals surface area contributed by atoms with E-state index in [9.17, 15) is 4.79 Å². The molecule has 0 saturated carbocycles. The molecule has 2 bridgehead atoms. The lowest BCUT2D eigenvalue weighted by molar-refractivity contribution is -0.135. The highest BCUT2D eigenvalue weighted by atomic mass is 16.5. The molecule has 3 aliphatic rings. The van der Waals surface area contributed by atoms with Crippen LogP contribution in [0.25, 0.3) is 22.0 Å². The molecular weight excluding hydrogens is 412 g/mol. The van der Waals surface area contributed by atoms with Crippen molar-refractivity contribution in [3.05, 3.63) is 42.9 Å². The molecule has 2 aromatic heterocycles. The van der Waals surface area contributed by atoms with Crippen LogP contribution in [0.4, 0.5) is 0 Å². The molecule has 5 heterocycles. The van der Waals surface area contributed by atoms with Gasteiger partial charge in [-0.3, -0.25) is 4.79 Å². The van der Waals surface area contributed by atoms with Crippen molar-refractivity contribution >= 4 is 16.8 Å². The van der Waals surface area contributed by atoms with E-state index in [4.69, 9.17) is 4.74 Å². The highest BCUT2D eigenvalue weighted by Gasteiger charge is 2.48. The number of carbonyl (C=O) groups is 1. The predicted octanol–water partition coefficient (Wildman–Crippen LogP) is 5.24. The summed E-state index contributed by atoms with van der Waals surface area (Å²) in [5, 5.41) is 5.84. The summed E-state index contributed by atoms with van der Waals surface area (Å²) in [6.07, 6.45) is 13.2. The number of amides is 1. The molecular formula is C27H34N4O2. The molecule has 4 atom stereocenters. The van der Waals surface area contributed by atoms with Crippen LogP contribution < -0.4 is 0 Å². The molecule has 6 heteroatoms. The quantitative estimate of drug-likeness (QED) is 0.539. The average Bonchev–Trinajstić information content (AvgIpc) is 3.62. The van der Waals surface area contributed by atoms with Gasteiger partial charge in [0.1, 0.15) is 6.23 Å². The number of hydrogen-bond acceptors (Lipinski definition) is 3. The molecule has 33 heavy (non-hydrogen) atoms. The fourth-order valence-corrected chi connectivity index (χ4v) is 6.32. The molecule has 6 nitrogen and oxygen atoms in total. The number of rotatable bonds is 5. The molecule has 0 N–H and O–H groups in total. The number of hydrogen-bond donors (Lipinski definition) is 0. The van der Waals surface area contributed by atoms with Crippen molar-refractivity contribution in [3.63, 3.8) is 0 Å². The summed E-state index contributed by atoms with van der Waals surface area (Å²) in [6.45, 7) is 5.87. The van der Waals surface area contributed by atoms with Crippen LogP contribution in [0.5, 0.6) is 0 Å². The number of ether oxygens (including phenoxy) is 1. The Hall–Kier alpha value is -2.60. The van der Waals surface area contributed by atoms with Crippen LogP contribution in [0.15, 0.2) is 42.9 Å². The zero-order valence-electron chi connectivity index (χ0n) is 19.7. The van der Waals surface area contributed by atoms with Crippen LogP contribution in [0, 0.1) is 11.8 Å². The van der Waals surface area contributed by atoms with Gasteiger partial charge in [0.05, 0.1) is 6.20 Å². The predicted molar refractivity (Wildman–Crippen MR) is 129 cm³/mol. The largest absolute Gasteiger partial charge is 0.357 e. The number of aromatic nitrogens is 3. The van der Waals surface area contributed by atoms with Crippen molar-refractivity contribution in [2.24, 2.45) is 11.8 Å². The number of nitrogens with zero attached hydrogens (tertiary/aromatic N) is 4. The second-order valence-electron chi connectivity index (χ2n) is 10.5. The lowest BCUT2D eigenvalue weighted by Gasteiger charge is -2.26. The van der Waals surface area contributed by atoms with Crippen LogP contribution in [-0.2, 0) is 16.1 Å². The van der Waals surface area contributed by atoms with Crippen molar-refractivity contribution in [1.29, 1.82) is 0 Å². The van der Waals surface area contributed by atoms with Crippen LogP contribution in [-0.4, -0.2) is 43.8 Å². The van der Waals surface area contributed by atoms with Gasteiger partial charge in [-0.1, -0.05) is 19.9 Å². The van der Waals surface area contributed by atoms with E-state index in [2.05, 4.69) is 51.2 Å². The first kappa shape index (κ1) is 21.0. The van der Waals surface area contributed by atoms with Gasteiger partial charge in [0.2, 0.25) is 5.91 Å². The van der Waals surface area contributed by atoms with E-state index in [1.807, 2.05) is 24.7 Å². The summed E-state index contributed by atoms with van der Waals surface area (Å²) < 4.78 is 10.2. The van der Waals surface area contributed by atoms with Gasteiger partial charge in [-0.25, -0.2) is 4.68 Å². The first-order chi connectivity index (χ1) is 16.1. The Labute approximate surface area is 195 Å².